The van der Waals surface area contributed by atoms with E-state index in [1.807, 2.05) is 12.1 Å². The van der Waals surface area contributed by atoms with Crippen LogP contribution in [0, 0.1) is 11.6 Å². The van der Waals surface area contributed by atoms with E-state index in [-0.39, 0.29) is 17.5 Å². The minimum Gasteiger partial charge on any atom is -0.365 e. The molecule has 0 aliphatic carbocycles. The molecule has 0 saturated heterocycles. The van der Waals surface area contributed by atoms with E-state index in [4.69, 9.17) is 16.3 Å². The lowest BCUT2D eigenvalue weighted by Crippen LogP contribution is -2.22. The zero-order valence-corrected chi connectivity index (χ0v) is 14.7. The fourth-order valence-electron chi connectivity index (χ4n) is 2.88. The molecule has 1 aliphatic heterocycles. The standard InChI is InChI=1S/C19H14ClF2N3O2/c20-12-3-1-11(2-4-12)18-9-25-14(10-27-18)8-17(24-25)19(26)23-13-5-6-15(21)16(22)7-13/h1-8,18H,9-10H2,(H,23,26)/t18-/m0/s1. The van der Waals surface area contributed by atoms with Crippen molar-refractivity contribution in [2.24, 2.45) is 0 Å². The van der Waals surface area contributed by atoms with Crippen molar-refractivity contribution in [2.45, 2.75) is 19.3 Å². The number of amides is 1. The van der Waals surface area contributed by atoms with Gasteiger partial charge in [-0.1, -0.05) is 23.7 Å². The van der Waals surface area contributed by atoms with Crippen molar-refractivity contribution in [3.05, 3.63) is 82.1 Å². The third-order valence-electron chi connectivity index (χ3n) is 4.29. The van der Waals surface area contributed by atoms with Gasteiger partial charge < -0.3 is 10.1 Å². The van der Waals surface area contributed by atoms with E-state index in [0.717, 1.165) is 23.4 Å². The van der Waals surface area contributed by atoms with Gasteiger partial charge in [-0.15, -0.1) is 0 Å². The quantitative estimate of drug-likeness (QED) is 0.725. The van der Waals surface area contributed by atoms with E-state index in [1.54, 1.807) is 22.9 Å². The highest BCUT2D eigenvalue weighted by Crippen LogP contribution is 2.27. The first kappa shape index (κ1) is 17.6. The molecular formula is C19H14ClF2N3O2. The average molecular weight is 390 g/mol. The summed E-state index contributed by atoms with van der Waals surface area (Å²) in [6.07, 6.45) is -0.197. The number of hydrogen-bond acceptors (Lipinski definition) is 3. The van der Waals surface area contributed by atoms with Crippen LogP contribution in [0.4, 0.5) is 14.5 Å². The molecular weight excluding hydrogens is 376 g/mol. The Hall–Kier alpha value is -2.77. The topological polar surface area (TPSA) is 56.2 Å². The van der Waals surface area contributed by atoms with Gasteiger partial charge in [-0.2, -0.15) is 5.10 Å². The molecule has 4 rings (SSSR count). The van der Waals surface area contributed by atoms with E-state index in [9.17, 15) is 13.6 Å². The summed E-state index contributed by atoms with van der Waals surface area (Å²) in [5, 5.41) is 7.46. The molecule has 0 bridgehead atoms. The number of ether oxygens (including phenoxy) is 1. The number of nitrogens with one attached hydrogen (secondary N) is 1. The Morgan fingerprint density at radius 1 is 1.15 bits per heavy atom. The Kier molecular flexibility index (Phi) is 4.63. The molecule has 5 nitrogen and oxygen atoms in total. The first-order valence-electron chi connectivity index (χ1n) is 8.20. The van der Waals surface area contributed by atoms with Crippen LogP contribution in [-0.4, -0.2) is 15.7 Å². The minimum atomic E-state index is -1.03. The van der Waals surface area contributed by atoms with Crippen LogP contribution in [-0.2, 0) is 17.9 Å². The summed E-state index contributed by atoms with van der Waals surface area (Å²) in [5.41, 5.74) is 2.05. The van der Waals surface area contributed by atoms with Crippen LogP contribution in [0.2, 0.25) is 5.02 Å². The van der Waals surface area contributed by atoms with Crippen LogP contribution >= 0.6 is 11.6 Å². The summed E-state index contributed by atoms with van der Waals surface area (Å²) in [7, 11) is 0. The van der Waals surface area contributed by atoms with Crippen molar-refractivity contribution >= 4 is 23.2 Å². The van der Waals surface area contributed by atoms with Crippen LogP contribution in [0.1, 0.15) is 27.8 Å². The first-order valence-corrected chi connectivity index (χ1v) is 8.57. The van der Waals surface area contributed by atoms with Crippen LogP contribution in [0.15, 0.2) is 48.5 Å². The Bertz CT molecular complexity index is 1000. The number of aromatic nitrogens is 2. The second-order valence-corrected chi connectivity index (χ2v) is 6.57. The lowest BCUT2D eigenvalue weighted by molar-refractivity contribution is -0.00118. The van der Waals surface area contributed by atoms with Crippen molar-refractivity contribution in [1.29, 1.82) is 0 Å². The van der Waals surface area contributed by atoms with E-state index < -0.39 is 17.5 Å². The van der Waals surface area contributed by atoms with E-state index in [0.29, 0.717) is 18.2 Å². The zero-order valence-electron chi connectivity index (χ0n) is 14.0. The van der Waals surface area contributed by atoms with Gasteiger partial charge in [0.1, 0.15) is 6.10 Å². The summed E-state index contributed by atoms with van der Waals surface area (Å²) < 4.78 is 33.8. The largest absolute Gasteiger partial charge is 0.365 e. The third kappa shape index (κ3) is 3.70. The molecule has 2 heterocycles. The van der Waals surface area contributed by atoms with E-state index in [1.165, 1.54) is 6.07 Å². The Morgan fingerprint density at radius 2 is 1.93 bits per heavy atom. The second-order valence-electron chi connectivity index (χ2n) is 6.14. The molecule has 8 heteroatoms. The number of nitrogens with zero attached hydrogens (tertiary/aromatic N) is 2. The van der Waals surface area contributed by atoms with Gasteiger partial charge in [-0.3, -0.25) is 9.48 Å². The van der Waals surface area contributed by atoms with Gasteiger partial charge in [0, 0.05) is 16.8 Å². The van der Waals surface area contributed by atoms with Gasteiger partial charge in [-0.25, -0.2) is 8.78 Å². The predicted octanol–water partition coefficient (Wildman–Crippen LogP) is 4.34. The minimum absolute atomic E-state index is 0.153. The fraction of sp³-hybridized carbons (Fsp3) is 0.158. The summed E-state index contributed by atoms with van der Waals surface area (Å²) >= 11 is 5.91. The predicted molar refractivity (Wildman–Crippen MR) is 95.5 cm³/mol. The number of halogens is 3. The number of benzene rings is 2. The highest BCUT2D eigenvalue weighted by molar-refractivity contribution is 6.30. The normalized spacial score (nSPS) is 16.0. The highest BCUT2D eigenvalue weighted by Gasteiger charge is 2.24. The molecule has 27 heavy (non-hydrogen) atoms. The molecule has 1 amide bonds. The molecule has 1 aliphatic rings. The summed E-state index contributed by atoms with van der Waals surface area (Å²) in [6, 6.07) is 12.1. The lowest BCUT2D eigenvalue weighted by atomic mass is 10.1. The van der Waals surface area contributed by atoms with Gasteiger partial charge in [0.2, 0.25) is 0 Å². The molecule has 0 saturated carbocycles. The Balaban J connectivity index is 1.50. The van der Waals surface area contributed by atoms with Gasteiger partial charge in [0.05, 0.1) is 18.8 Å². The molecule has 0 unspecified atom stereocenters. The molecule has 0 spiro atoms. The molecule has 0 fully saturated rings. The monoisotopic (exact) mass is 389 g/mol. The number of carbonyl (C=O) groups excluding carboxylic acids is 1. The maximum absolute atomic E-state index is 13.3. The van der Waals surface area contributed by atoms with E-state index in [2.05, 4.69) is 10.4 Å². The van der Waals surface area contributed by atoms with E-state index >= 15 is 0 Å². The summed E-state index contributed by atoms with van der Waals surface area (Å²) in [6.45, 7) is 0.758. The smallest absolute Gasteiger partial charge is 0.276 e. The maximum atomic E-state index is 13.3. The fourth-order valence-corrected chi connectivity index (χ4v) is 3.01. The molecule has 0 radical (unpaired) electrons. The SMILES string of the molecule is O=C(Nc1ccc(F)c(F)c1)c1cc2n(n1)C[C@@H](c1ccc(Cl)cc1)OC2. The molecule has 3 aromatic rings. The molecule has 138 valence electrons. The van der Waals surface area contributed by atoms with Crippen molar-refractivity contribution in [3.8, 4) is 0 Å². The van der Waals surface area contributed by atoms with Gasteiger partial charge in [0.25, 0.3) is 5.91 Å². The lowest BCUT2D eigenvalue weighted by Gasteiger charge is -2.24. The number of carbonyl (C=O) groups is 1. The summed E-state index contributed by atoms with van der Waals surface area (Å²) in [5.74, 6) is -2.52. The highest BCUT2D eigenvalue weighted by atomic mass is 35.5. The van der Waals surface area contributed by atoms with Crippen molar-refractivity contribution in [3.63, 3.8) is 0 Å². The van der Waals surface area contributed by atoms with Crippen LogP contribution in [0.25, 0.3) is 0 Å². The zero-order chi connectivity index (χ0) is 19.0. The number of anilines is 1. The Morgan fingerprint density at radius 3 is 2.67 bits per heavy atom. The van der Waals surface area contributed by atoms with Gasteiger partial charge in [0.15, 0.2) is 17.3 Å². The third-order valence-corrected chi connectivity index (χ3v) is 4.54. The summed E-state index contributed by atoms with van der Waals surface area (Å²) in [4.78, 5) is 12.4. The first-order chi connectivity index (χ1) is 13.0. The Labute approximate surface area is 158 Å². The van der Waals surface area contributed by atoms with Crippen molar-refractivity contribution < 1.29 is 18.3 Å². The van der Waals surface area contributed by atoms with Crippen LogP contribution in [0.5, 0.6) is 0 Å². The van der Waals surface area contributed by atoms with Crippen LogP contribution < -0.4 is 5.32 Å². The molecule has 1 N–H and O–H groups in total. The number of fused-ring (bicyclic) bond motifs is 1. The number of rotatable bonds is 3. The second kappa shape index (κ2) is 7.09. The van der Waals surface area contributed by atoms with Gasteiger partial charge in [-0.05, 0) is 35.9 Å². The maximum Gasteiger partial charge on any atom is 0.276 e. The van der Waals surface area contributed by atoms with Gasteiger partial charge >= 0.3 is 0 Å². The van der Waals surface area contributed by atoms with Crippen LogP contribution in [0.3, 0.4) is 0 Å². The molecule has 2 aromatic carbocycles. The average Bonchev–Trinajstić information content (AvgIpc) is 3.09. The molecule has 1 atom stereocenters. The van der Waals surface area contributed by atoms with Crippen molar-refractivity contribution in [1.82, 2.24) is 9.78 Å². The molecule has 1 aromatic heterocycles. The number of hydrogen-bond donors (Lipinski definition) is 1. The van der Waals surface area contributed by atoms with Crippen molar-refractivity contribution in [2.75, 3.05) is 5.32 Å².